The van der Waals surface area contributed by atoms with Crippen LogP contribution in [0.25, 0.3) is 0 Å². The van der Waals surface area contributed by atoms with Gasteiger partial charge < -0.3 is 14.8 Å². The quantitative estimate of drug-likeness (QED) is 0.588. The second kappa shape index (κ2) is 8.64. The lowest BCUT2D eigenvalue weighted by atomic mass is 10.2. The lowest BCUT2D eigenvalue weighted by Crippen LogP contribution is -2.11. The molecule has 0 fully saturated rings. The van der Waals surface area contributed by atoms with Gasteiger partial charge in [-0.15, -0.1) is 11.6 Å². The maximum Gasteiger partial charge on any atom is 0.224 e. The van der Waals surface area contributed by atoms with Gasteiger partial charge in [0.25, 0.3) is 0 Å². The fourth-order valence-electron chi connectivity index (χ4n) is 1.62. The molecule has 106 valence electrons. The van der Waals surface area contributed by atoms with E-state index in [0.29, 0.717) is 36.1 Å². The molecule has 1 rings (SSSR count). The summed E-state index contributed by atoms with van der Waals surface area (Å²) >= 11 is 5.57. The van der Waals surface area contributed by atoms with Crippen LogP contribution in [0.15, 0.2) is 18.2 Å². The van der Waals surface area contributed by atoms with Crippen molar-refractivity contribution in [3.8, 4) is 11.5 Å². The van der Waals surface area contributed by atoms with E-state index in [4.69, 9.17) is 21.1 Å². The normalized spacial score (nSPS) is 10.1. The number of ether oxygens (including phenoxy) is 2. The van der Waals surface area contributed by atoms with E-state index in [9.17, 15) is 4.79 Å². The summed E-state index contributed by atoms with van der Waals surface area (Å²) in [6.45, 7) is 2.48. The van der Waals surface area contributed by atoms with E-state index in [2.05, 4.69) is 5.32 Å². The van der Waals surface area contributed by atoms with Crippen molar-refractivity contribution < 1.29 is 14.3 Å². The highest BCUT2D eigenvalue weighted by molar-refractivity contribution is 6.17. The van der Waals surface area contributed by atoms with E-state index < -0.39 is 0 Å². The highest BCUT2D eigenvalue weighted by Gasteiger charge is 2.07. The number of unbranched alkanes of at least 4 members (excludes halogenated alkanes) is 1. The Balaban J connectivity index is 2.61. The monoisotopic (exact) mass is 285 g/mol. The highest BCUT2D eigenvalue weighted by atomic mass is 35.5. The lowest BCUT2D eigenvalue weighted by molar-refractivity contribution is -0.116. The van der Waals surface area contributed by atoms with Gasteiger partial charge in [-0.05, 0) is 31.9 Å². The molecule has 0 unspecified atom stereocenters. The lowest BCUT2D eigenvalue weighted by Gasteiger charge is -2.11. The fraction of sp³-hybridized carbons (Fsp3) is 0.500. The number of hydrogen-bond donors (Lipinski definition) is 1. The second-order valence-corrected chi connectivity index (χ2v) is 4.37. The van der Waals surface area contributed by atoms with Crippen LogP contribution in [-0.2, 0) is 4.79 Å². The molecule has 0 aromatic heterocycles. The SMILES string of the molecule is CCOc1ccc(NC(=O)CCCCCl)cc1OC. The van der Waals surface area contributed by atoms with Crippen LogP contribution in [0.3, 0.4) is 0 Å². The molecule has 0 aliphatic heterocycles. The minimum absolute atomic E-state index is 0.0173. The van der Waals surface area contributed by atoms with Crippen LogP contribution in [0.5, 0.6) is 11.5 Å². The Bertz CT molecular complexity index is 410. The van der Waals surface area contributed by atoms with Crippen LogP contribution in [-0.4, -0.2) is 25.5 Å². The van der Waals surface area contributed by atoms with Crippen molar-refractivity contribution in [3.63, 3.8) is 0 Å². The summed E-state index contributed by atoms with van der Waals surface area (Å²) in [7, 11) is 1.57. The summed E-state index contributed by atoms with van der Waals surface area (Å²) in [5.74, 6) is 1.85. The summed E-state index contributed by atoms with van der Waals surface area (Å²) in [5, 5.41) is 2.83. The van der Waals surface area contributed by atoms with E-state index in [0.717, 1.165) is 12.8 Å². The minimum atomic E-state index is -0.0173. The molecule has 0 radical (unpaired) electrons. The number of amides is 1. The van der Waals surface area contributed by atoms with Gasteiger partial charge in [-0.1, -0.05) is 0 Å². The second-order valence-electron chi connectivity index (χ2n) is 3.99. The number of halogens is 1. The van der Waals surface area contributed by atoms with E-state index in [1.807, 2.05) is 6.92 Å². The topological polar surface area (TPSA) is 47.6 Å². The Labute approximate surface area is 119 Å². The van der Waals surface area contributed by atoms with Crippen molar-refractivity contribution in [1.29, 1.82) is 0 Å². The third kappa shape index (κ3) is 5.39. The van der Waals surface area contributed by atoms with E-state index >= 15 is 0 Å². The number of alkyl halides is 1. The van der Waals surface area contributed by atoms with Crippen molar-refractivity contribution in [3.05, 3.63) is 18.2 Å². The molecule has 5 heteroatoms. The highest BCUT2D eigenvalue weighted by Crippen LogP contribution is 2.30. The summed E-state index contributed by atoms with van der Waals surface area (Å²) in [5.41, 5.74) is 0.705. The van der Waals surface area contributed by atoms with E-state index in [-0.39, 0.29) is 5.91 Å². The van der Waals surface area contributed by atoms with E-state index in [1.54, 1.807) is 25.3 Å². The van der Waals surface area contributed by atoms with Gasteiger partial charge in [0.05, 0.1) is 13.7 Å². The molecule has 0 saturated heterocycles. The number of hydrogen-bond acceptors (Lipinski definition) is 3. The molecule has 0 bridgehead atoms. The van der Waals surface area contributed by atoms with Crippen LogP contribution in [0, 0.1) is 0 Å². The minimum Gasteiger partial charge on any atom is -0.493 e. The molecule has 1 aromatic carbocycles. The molecular formula is C14H20ClNO3. The Morgan fingerprint density at radius 1 is 1.32 bits per heavy atom. The van der Waals surface area contributed by atoms with Gasteiger partial charge in [0.2, 0.25) is 5.91 Å². The molecule has 19 heavy (non-hydrogen) atoms. The number of anilines is 1. The summed E-state index contributed by atoms with van der Waals surface area (Å²) in [6.07, 6.45) is 2.12. The largest absolute Gasteiger partial charge is 0.493 e. The Morgan fingerprint density at radius 2 is 2.11 bits per heavy atom. The zero-order valence-electron chi connectivity index (χ0n) is 11.4. The number of rotatable bonds is 8. The first kappa shape index (κ1) is 15.6. The maximum atomic E-state index is 11.7. The molecular weight excluding hydrogens is 266 g/mol. The van der Waals surface area contributed by atoms with Gasteiger partial charge >= 0.3 is 0 Å². The summed E-state index contributed by atoms with van der Waals surface area (Å²) < 4.78 is 10.6. The summed E-state index contributed by atoms with van der Waals surface area (Å²) in [4.78, 5) is 11.7. The first-order valence-electron chi connectivity index (χ1n) is 6.38. The smallest absolute Gasteiger partial charge is 0.224 e. The molecule has 0 atom stereocenters. The number of carbonyl (C=O) groups is 1. The van der Waals surface area contributed by atoms with Crippen molar-refractivity contribution >= 4 is 23.2 Å². The molecule has 4 nitrogen and oxygen atoms in total. The van der Waals surface area contributed by atoms with Crippen molar-refractivity contribution in [1.82, 2.24) is 0 Å². The molecule has 0 aliphatic carbocycles. The third-order valence-electron chi connectivity index (χ3n) is 2.53. The third-order valence-corrected chi connectivity index (χ3v) is 2.80. The maximum absolute atomic E-state index is 11.7. The number of benzene rings is 1. The van der Waals surface area contributed by atoms with Gasteiger partial charge in [0.15, 0.2) is 11.5 Å². The van der Waals surface area contributed by atoms with Gasteiger partial charge in [0, 0.05) is 24.1 Å². The van der Waals surface area contributed by atoms with Crippen LogP contribution < -0.4 is 14.8 Å². The average molecular weight is 286 g/mol. The van der Waals surface area contributed by atoms with Gasteiger partial charge in [-0.2, -0.15) is 0 Å². The van der Waals surface area contributed by atoms with Crippen molar-refractivity contribution in [2.24, 2.45) is 0 Å². The molecule has 1 aromatic rings. The summed E-state index contributed by atoms with van der Waals surface area (Å²) in [6, 6.07) is 5.34. The average Bonchev–Trinajstić information content (AvgIpc) is 2.41. The van der Waals surface area contributed by atoms with Gasteiger partial charge in [-0.3, -0.25) is 4.79 Å². The van der Waals surface area contributed by atoms with Crippen LogP contribution >= 0.6 is 11.6 Å². The first-order valence-corrected chi connectivity index (χ1v) is 6.91. The van der Waals surface area contributed by atoms with Crippen LogP contribution in [0.4, 0.5) is 5.69 Å². The Kier molecular flexibility index (Phi) is 7.11. The predicted octanol–water partition coefficient (Wildman–Crippen LogP) is 3.44. The zero-order valence-corrected chi connectivity index (χ0v) is 12.1. The van der Waals surface area contributed by atoms with E-state index in [1.165, 1.54) is 0 Å². The molecule has 1 N–H and O–H groups in total. The standard InChI is InChI=1S/C14H20ClNO3/c1-3-19-12-8-7-11(10-13(12)18-2)16-14(17)6-4-5-9-15/h7-8,10H,3-6,9H2,1-2H3,(H,16,17). The molecule has 0 spiro atoms. The number of methoxy groups -OCH3 is 1. The van der Waals surface area contributed by atoms with Gasteiger partial charge in [-0.25, -0.2) is 0 Å². The number of nitrogens with one attached hydrogen (secondary N) is 1. The predicted molar refractivity (Wildman–Crippen MR) is 77.4 cm³/mol. The fourth-order valence-corrected chi connectivity index (χ4v) is 1.81. The number of carbonyl (C=O) groups excluding carboxylic acids is 1. The van der Waals surface area contributed by atoms with Crippen LogP contribution in [0.1, 0.15) is 26.2 Å². The zero-order chi connectivity index (χ0) is 14.1. The molecule has 0 aliphatic rings. The molecule has 0 heterocycles. The van der Waals surface area contributed by atoms with Crippen LogP contribution in [0.2, 0.25) is 0 Å². The van der Waals surface area contributed by atoms with Crippen molar-refractivity contribution in [2.45, 2.75) is 26.2 Å². The van der Waals surface area contributed by atoms with Crippen molar-refractivity contribution in [2.75, 3.05) is 24.9 Å². The Morgan fingerprint density at radius 3 is 2.74 bits per heavy atom. The molecule has 0 saturated carbocycles. The molecule has 1 amide bonds. The first-order chi connectivity index (χ1) is 9.21. The Hall–Kier alpha value is -1.42. The van der Waals surface area contributed by atoms with Gasteiger partial charge in [0.1, 0.15) is 0 Å².